The molecule has 0 fully saturated rings. The summed E-state index contributed by atoms with van der Waals surface area (Å²) in [5.74, 6) is -0.920. The quantitative estimate of drug-likeness (QED) is 0.644. The van der Waals surface area contributed by atoms with Gasteiger partial charge in [0.2, 0.25) is 5.13 Å². The molecule has 1 N–H and O–H groups in total. The van der Waals surface area contributed by atoms with Crippen LogP contribution in [0, 0.1) is 6.92 Å². The summed E-state index contributed by atoms with van der Waals surface area (Å²) in [7, 11) is 1.82. The third-order valence-electron chi connectivity index (χ3n) is 3.90. The van der Waals surface area contributed by atoms with Crippen molar-refractivity contribution in [2.24, 2.45) is 5.10 Å². The van der Waals surface area contributed by atoms with E-state index in [9.17, 15) is 9.90 Å². The minimum Gasteiger partial charge on any atom is -0.478 e. The Morgan fingerprint density at radius 3 is 2.72 bits per heavy atom. The smallest absolute Gasteiger partial charge is 0.336 e. The van der Waals surface area contributed by atoms with Gasteiger partial charge >= 0.3 is 5.97 Å². The van der Waals surface area contributed by atoms with Gasteiger partial charge in [0.1, 0.15) is 0 Å². The van der Waals surface area contributed by atoms with Crippen LogP contribution >= 0.6 is 11.3 Å². The number of allylic oxidation sites excluding steroid dienone is 2. The lowest BCUT2D eigenvalue weighted by molar-refractivity contribution is -0.132. The molecule has 0 saturated carbocycles. The van der Waals surface area contributed by atoms with Crippen LogP contribution in [0.25, 0.3) is 11.3 Å². The molecule has 5 nitrogen and oxygen atoms in total. The lowest BCUT2D eigenvalue weighted by atomic mass is 9.99. The highest BCUT2D eigenvalue weighted by Crippen LogP contribution is 2.32. The second-order valence-electron chi connectivity index (χ2n) is 5.70. The molecule has 0 spiro atoms. The van der Waals surface area contributed by atoms with Gasteiger partial charge in [-0.05, 0) is 19.8 Å². The predicted octanol–water partition coefficient (Wildman–Crippen LogP) is 4.27. The van der Waals surface area contributed by atoms with E-state index in [0.29, 0.717) is 11.1 Å². The SMILES string of the molecule is Cc1sc(N(C)/N=C/C2=CCCC=C2C(=O)O)nc1-c1ccccc1. The van der Waals surface area contributed by atoms with Crippen LogP contribution in [0.3, 0.4) is 0 Å². The minimum absolute atomic E-state index is 0.309. The Labute approximate surface area is 150 Å². The number of hydrogen-bond donors (Lipinski definition) is 1. The molecule has 1 aliphatic carbocycles. The molecule has 0 amide bonds. The molecule has 25 heavy (non-hydrogen) atoms. The highest BCUT2D eigenvalue weighted by Gasteiger charge is 2.15. The van der Waals surface area contributed by atoms with Gasteiger partial charge in [0.15, 0.2) is 0 Å². The van der Waals surface area contributed by atoms with Crippen LogP contribution in [0.4, 0.5) is 5.13 Å². The van der Waals surface area contributed by atoms with Crippen LogP contribution in [0.15, 0.2) is 58.7 Å². The number of aryl methyl sites for hydroxylation is 1. The maximum atomic E-state index is 11.3. The molecule has 0 bridgehead atoms. The van der Waals surface area contributed by atoms with E-state index in [0.717, 1.165) is 34.1 Å². The molecule has 3 rings (SSSR count). The van der Waals surface area contributed by atoms with E-state index in [1.54, 1.807) is 28.6 Å². The molecular weight excluding hydrogens is 334 g/mol. The van der Waals surface area contributed by atoms with Crippen molar-refractivity contribution in [2.75, 3.05) is 12.1 Å². The molecular formula is C19H19N3O2S. The Morgan fingerprint density at radius 1 is 1.28 bits per heavy atom. The van der Waals surface area contributed by atoms with Gasteiger partial charge in [-0.15, -0.1) is 0 Å². The fourth-order valence-corrected chi connectivity index (χ4v) is 3.46. The van der Waals surface area contributed by atoms with Crippen molar-refractivity contribution in [1.29, 1.82) is 0 Å². The first kappa shape index (κ1) is 17.1. The van der Waals surface area contributed by atoms with Crippen LogP contribution in [-0.2, 0) is 4.79 Å². The van der Waals surface area contributed by atoms with Gasteiger partial charge in [-0.2, -0.15) is 5.10 Å². The molecule has 1 aliphatic rings. The molecule has 6 heteroatoms. The number of carboxylic acids is 1. The first-order valence-corrected chi connectivity index (χ1v) is 8.82. The normalized spacial score (nSPS) is 14.3. The fraction of sp³-hybridized carbons (Fsp3) is 0.211. The van der Waals surface area contributed by atoms with E-state index >= 15 is 0 Å². The van der Waals surface area contributed by atoms with E-state index in [-0.39, 0.29) is 0 Å². The van der Waals surface area contributed by atoms with Crippen LogP contribution < -0.4 is 5.01 Å². The zero-order valence-corrected chi connectivity index (χ0v) is 15.0. The van der Waals surface area contributed by atoms with Gasteiger partial charge in [0.05, 0.1) is 17.5 Å². The molecule has 0 aliphatic heterocycles. The van der Waals surface area contributed by atoms with Crippen LogP contribution in [-0.4, -0.2) is 29.3 Å². The van der Waals surface area contributed by atoms with Gasteiger partial charge in [0, 0.05) is 23.1 Å². The van der Waals surface area contributed by atoms with Crippen molar-refractivity contribution in [3.05, 3.63) is 58.5 Å². The number of aliphatic carboxylic acids is 1. The average Bonchev–Trinajstić information content (AvgIpc) is 3.02. The number of anilines is 1. The van der Waals surface area contributed by atoms with Gasteiger partial charge < -0.3 is 5.11 Å². The fourth-order valence-electron chi connectivity index (χ4n) is 2.61. The standard InChI is InChI=1S/C19H19N3O2S/c1-13-17(14-8-4-3-5-9-14)21-19(25-13)22(2)20-12-15-10-6-7-11-16(15)18(23)24/h3-5,8-12H,6-7H2,1-2H3,(H,23,24)/b20-12+. The number of thiazole rings is 1. The highest BCUT2D eigenvalue weighted by atomic mass is 32.1. The molecule has 1 aromatic heterocycles. The zero-order chi connectivity index (χ0) is 17.8. The Balaban J connectivity index is 1.80. The van der Waals surface area contributed by atoms with Gasteiger partial charge in [-0.25, -0.2) is 14.8 Å². The van der Waals surface area contributed by atoms with Crippen molar-refractivity contribution in [2.45, 2.75) is 19.8 Å². The summed E-state index contributed by atoms with van der Waals surface area (Å²) in [5, 5.41) is 16.1. The van der Waals surface area contributed by atoms with Crippen LogP contribution in [0.2, 0.25) is 0 Å². The van der Waals surface area contributed by atoms with Gasteiger partial charge in [-0.1, -0.05) is 53.8 Å². The summed E-state index contributed by atoms with van der Waals surface area (Å²) in [6.45, 7) is 2.04. The van der Waals surface area contributed by atoms with Crippen molar-refractivity contribution in [1.82, 2.24) is 4.98 Å². The summed E-state index contributed by atoms with van der Waals surface area (Å²) >= 11 is 1.56. The van der Waals surface area contributed by atoms with Gasteiger partial charge in [0.25, 0.3) is 0 Å². The number of hydrazone groups is 1. The second-order valence-corrected chi connectivity index (χ2v) is 6.88. The van der Waals surface area contributed by atoms with E-state index in [2.05, 4.69) is 10.1 Å². The first-order valence-electron chi connectivity index (χ1n) is 8.01. The van der Waals surface area contributed by atoms with Crippen LogP contribution in [0.1, 0.15) is 17.7 Å². The van der Waals surface area contributed by atoms with Crippen molar-refractivity contribution < 1.29 is 9.90 Å². The topological polar surface area (TPSA) is 65.8 Å². The molecule has 0 saturated heterocycles. The zero-order valence-electron chi connectivity index (χ0n) is 14.1. The van der Waals surface area contributed by atoms with Gasteiger partial charge in [-0.3, -0.25) is 0 Å². The lowest BCUT2D eigenvalue weighted by Gasteiger charge is -2.11. The number of hydrogen-bond acceptors (Lipinski definition) is 5. The van der Waals surface area contributed by atoms with E-state index < -0.39 is 5.97 Å². The first-order chi connectivity index (χ1) is 12.1. The van der Waals surface area contributed by atoms with E-state index in [1.807, 2.05) is 50.4 Å². The molecule has 1 heterocycles. The third-order valence-corrected chi connectivity index (χ3v) is 4.94. The Kier molecular flexibility index (Phi) is 5.09. The number of carbonyl (C=O) groups is 1. The molecule has 0 unspecified atom stereocenters. The van der Waals surface area contributed by atoms with Crippen molar-refractivity contribution in [3.63, 3.8) is 0 Å². The summed E-state index contributed by atoms with van der Waals surface area (Å²) in [6, 6.07) is 10.0. The Morgan fingerprint density at radius 2 is 2.00 bits per heavy atom. The Hall–Kier alpha value is -2.73. The monoisotopic (exact) mass is 353 g/mol. The average molecular weight is 353 g/mol. The van der Waals surface area contributed by atoms with Crippen molar-refractivity contribution in [3.8, 4) is 11.3 Å². The number of carboxylic acid groups (broad SMARTS) is 1. The molecule has 0 radical (unpaired) electrons. The van der Waals surface area contributed by atoms with Crippen LogP contribution in [0.5, 0.6) is 0 Å². The summed E-state index contributed by atoms with van der Waals surface area (Å²) in [6.07, 6.45) is 6.82. The maximum Gasteiger partial charge on any atom is 0.336 e. The molecule has 128 valence electrons. The highest BCUT2D eigenvalue weighted by molar-refractivity contribution is 7.16. The number of benzene rings is 1. The third kappa shape index (κ3) is 3.85. The lowest BCUT2D eigenvalue weighted by Crippen LogP contribution is -2.12. The number of aromatic nitrogens is 1. The Bertz CT molecular complexity index is 866. The van der Waals surface area contributed by atoms with E-state index in [1.165, 1.54) is 0 Å². The molecule has 1 aromatic carbocycles. The minimum atomic E-state index is -0.920. The number of nitrogens with zero attached hydrogens (tertiary/aromatic N) is 3. The van der Waals surface area contributed by atoms with E-state index in [4.69, 9.17) is 0 Å². The summed E-state index contributed by atoms with van der Waals surface area (Å²) < 4.78 is 0. The van der Waals surface area contributed by atoms with Crippen molar-refractivity contribution >= 4 is 28.7 Å². The number of rotatable bonds is 5. The largest absolute Gasteiger partial charge is 0.478 e. The summed E-state index contributed by atoms with van der Waals surface area (Å²) in [5.41, 5.74) is 2.97. The summed E-state index contributed by atoms with van der Waals surface area (Å²) in [4.78, 5) is 17.1. The molecule has 2 aromatic rings. The molecule has 0 atom stereocenters. The predicted molar refractivity (Wildman–Crippen MR) is 102 cm³/mol. The second kappa shape index (κ2) is 7.44. The maximum absolute atomic E-state index is 11.3.